The molecule has 10 heteroatoms. The highest BCUT2D eigenvalue weighted by atomic mass is 35.5. The number of nitrogens with one attached hydrogen (secondary N) is 1. The third kappa shape index (κ3) is 5.56. The van der Waals surface area contributed by atoms with Crippen molar-refractivity contribution in [1.29, 1.82) is 0 Å². The zero-order valence-corrected chi connectivity index (χ0v) is 21.9. The van der Waals surface area contributed by atoms with Crippen LogP contribution in [-0.2, 0) is 9.59 Å². The van der Waals surface area contributed by atoms with Crippen LogP contribution in [0.1, 0.15) is 35.6 Å². The molecule has 2 amide bonds. The molecule has 0 saturated heterocycles. The van der Waals surface area contributed by atoms with Crippen LogP contribution in [0.15, 0.2) is 76.8 Å². The highest BCUT2D eigenvalue weighted by Crippen LogP contribution is 2.40. The first-order valence-corrected chi connectivity index (χ1v) is 13.1. The number of hydrazone groups is 1. The summed E-state index contributed by atoms with van der Waals surface area (Å²) in [6, 6.07) is 19.3. The number of thioether (sulfide) groups is 1. The second-order valence-corrected chi connectivity index (χ2v) is 10.7. The Hall–Kier alpha value is -3.20. The highest BCUT2D eigenvalue weighted by molar-refractivity contribution is 8.15. The molecule has 0 radical (unpaired) electrons. The second-order valence-electron chi connectivity index (χ2n) is 8.72. The van der Waals surface area contributed by atoms with Gasteiger partial charge in [0, 0.05) is 23.6 Å². The van der Waals surface area contributed by atoms with Gasteiger partial charge >= 0.3 is 0 Å². The van der Waals surface area contributed by atoms with Gasteiger partial charge in [-0.1, -0.05) is 83.0 Å². The molecule has 2 aliphatic heterocycles. The number of halogens is 3. The molecule has 0 bridgehead atoms. The predicted molar refractivity (Wildman–Crippen MR) is 147 cm³/mol. The summed E-state index contributed by atoms with van der Waals surface area (Å²) in [6.45, 7) is 2.02. The number of hydrogen-bond acceptors (Lipinski definition) is 5. The van der Waals surface area contributed by atoms with E-state index in [1.54, 1.807) is 5.01 Å². The Bertz CT molecular complexity index is 1440. The minimum absolute atomic E-state index is 0.100. The molecule has 0 saturated carbocycles. The zero-order chi connectivity index (χ0) is 26.1. The van der Waals surface area contributed by atoms with Gasteiger partial charge < -0.3 is 5.32 Å². The van der Waals surface area contributed by atoms with Crippen LogP contribution < -0.4 is 5.32 Å². The summed E-state index contributed by atoms with van der Waals surface area (Å²) >= 11 is 13.5. The fourth-order valence-electron chi connectivity index (χ4n) is 4.15. The SMILES string of the molecule is Cc1ccc(C2=NN(C3=NC(=O)[C@@H](CC(=O)Nc4ccc(F)c(Cl)c4)S3)[C@H](c3ccccc3Cl)C2)cc1. The molecule has 1 N–H and O–H groups in total. The van der Waals surface area contributed by atoms with Gasteiger partial charge in [-0.3, -0.25) is 9.59 Å². The predicted octanol–water partition coefficient (Wildman–Crippen LogP) is 6.62. The Morgan fingerprint density at radius 2 is 1.86 bits per heavy atom. The molecular weight excluding hydrogens is 534 g/mol. The van der Waals surface area contributed by atoms with Crippen molar-refractivity contribution in [2.45, 2.75) is 31.1 Å². The van der Waals surface area contributed by atoms with E-state index in [4.69, 9.17) is 28.3 Å². The lowest BCUT2D eigenvalue weighted by Gasteiger charge is -2.23. The Morgan fingerprint density at radius 3 is 2.59 bits per heavy atom. The number of carbonyl (C=O) groups excluding carboxylic acids is 2. The smallest absolute Gasteiger partial charge is 0.262 e. The Labute approximate surface area is 227 Å². The molecular formula is C27H21Cl2FN4O2S. The third-order valence-corrected chi connectivity index (χ3v) is 7.83. The number of anilines is 1. The van der Waals surface area contributed by atoms with Gasteiger partial charge in [0.25, 0.3) is 5.91 Å². The molecule has 2 heterocycles. The lowest BCUT2D eigenvalue weighted by Crippen LogP contribution is -2.25. The standard InChI is InChI=1S/C27H21Cl2FN4O2S/c1-15-6-8-16(9-7-15)22-13-23(18-4-2-3-5-19(18)28)34(33-22)27-32-26(36)24(37-27)14-25(35)31-17-10-11-21(30)20(29)12-17/h2-12,23-24H,13-14H2,1H3,(H,31,35)/t23-,24+/m0/s1. The molecule has 2 aliphatic rings. The molecule has 5 rings (SSSR count). The van der Waals surface area contributed by atoms with Gasteiger partial charge in [-0.05, 0) is 42.3 Å². The van der Waals surface area contributed by atoms with Crippen molar-refractivity contribution in [2.75, 3.05) is 5.32 Å². The van der Waals surface area contributed by atoms with Crippen molar-refractivity contribution in [2.24, 2.45) is 10.1 Å². The molecule has 6 nitrogen and oxygen atoms in total. The van der Waals surface area contributed by atoms with Gasteiger partial charge in [0.05, 0.1) is 16.8 Å². The van der Waals surface area contributed by atoms with E-state index in [9.17, 15) is 14.0 Å². The molecule has 0 spiro atoms. The van der Waals surface area contributed by atoms with E-state index < -0.39 is 22.9 Å². The van der Waals surface area contributed by atoms with E-state index in [1.807, 2.05) is 55.5 Å². The number of rotatable bonds is 5. The van der Waals surface area contributed by atoms with E-state index in [-0.39, 0.29) is 17.5 Å². The van der Waals surface area contributed by atoms with Crippen molar-refractivity contribution in [3.63, 3.8) is 0 Å². The van der Waals surface area contributed by atoms with Crippen molar-refractivity contribution in [3.05, 3.63) is 99.3 Å². The topological polar surface area (TPSA) is 74.1 Å². The molecule has 0 fully saturated rings. The first kappa shape index (κ1) is 25.4. The number of nitrogens with zero attached hydrogens (tertiary/aromatic N) is 3. The Balaban J connectivity index is 1.35. The van der Waals surface area contributed by atoms with Crippen molar-refractivity contribution < 1.29 is 14.0 Å². The van der Waals surface area contributed by atoms with Crippen LogP contribution in [0.2, 0.25) is 10.0 Å². The summed E-state index contributed by atoms with van der Waals surface area (Å²) in [6.07, 6.45) is 0.474. The van der Waals surface area contributed by atoms with Gasteiger partial charge in [0.2, 0.25) is 5.91 Å². The number of aliphatic imine (C=N–C) groups is 1. The molecule has 3 aromatic rings. The van der Waals surface area contributed by atoms with E-state index in [2.05, 4.69) is 10.3 Å². The fourth-order valence-corrected chi connectivity index (χ4v) is 5.66. The van der Waals surface area contributed by atoms with E-state index in [1.165, 1.54) is 30.0 Å². The van der Waals surface area contributed by atoms with Gasteiger partial charge in [-0.25, -0.2) is 9.40 Å². The van der Waals surface area contributed by atoms with Crippen molar-refractivity contribution in [1.82, 2.24) is 5.01 Å². The highest BCUT2D eigenvalue weighted by Gasteiger charge is 2.39. The maximum Gasteiger partial charge on any atom is 0.262 e. The van der Waals surface area contributed by atoms with Crippen LogP contribution in [-0.4, -0.2) is 33.0 Å². The van der Waals surface area contributed by atoms with Gasteiger partial charge in [-0.15, -0.1) is 0 Å². The van der Waals surface area contributed by atoms with Gasteiger partial charge in [0.1, 0.15) is 11.1 Å². The summed E-state index contributed by atoms with van der Waals surface area (Å²) in [7, 11) is 0. The van der Waals surface area contributed by atoms with Crippen LogP contribution in [0.4, 0.5) is 10.1 Å². The van der Waals surface area contributed by atoms with Crippen LogP contribution in [0.5, 0.6) is 0 Å². The molecule has 3 aromatic carbocycles. The third-order valence-electron chi connectivity index (χ3n) is 6.06. The molecule has 37 heavy (non-hydrogen) atoms. The van der Waals surface area contributed by atoms with Crippen molar-refractivity contribution >= 4 is 63.3 Å². The Morgan fingerprint density at radius 1 is 1.11 bits per heavy atom. The number of amidine groups is 1. The maximum absolute atomic E-state index is 13.4. The van der Waals surface area contributed by atoms with E-state index in [0.29, 0.717) is 22.3 Å². The average Bonchev–Trinajstić information content (AvgIpc) is 3.46. The van der Waals surface area contributed by atoms with E-state index in [0.717, 1.165) is 22.4 Å². The number of amides is 2. The van der Waals surface area contributed by atoms with Crippen LogP contribution in [0.3, 0.4) is 0 Å². The summed E-state index contributed by atoms with van der Waals surface area (Å²) in [4.78, 5) is 29.6. The molecule has 0 unspecified atom stereocenters. The summed E-state index contributed by atoms with van der Waals surface area (Å²) in [5.41, 5.74) is 4.20. The lowest BCUT2D eigenvalue weighted by atomic mass is 9.98. The van der Waals surface area contributed by atoms with Crippen LogP contribution >= 0.6 is 35.0 Å². The molecule has 2 atom stereocenters. The minimum Gasteiger partial charge on any atom is -0.326 e. The van der Waals surface area contributed by atoms with E-state index >= 15 is 0 Å². The lowest BCUT2D eigenvalue weighted by molar-refractivity contribution is -0.121. The molecule has 188 valence electrons. The number of aryl methyl sites for hydroxylation is 1. The summed E-state index contributed by atoms with van der Waals surface area (Å²) in [5.74, 6) is -1.40. The first-order valence-electron chi connectivity index (χ1n) is 11.5. The monoisotopic (exact) mass is 554 g/mol. The minimum atomic E-state index is -0.712. The molecule has 0 aliphatic carbocycles. The first-order chi connectivity index (χ1) is 17.8. The summed E-state index contributed by atoms with van der Waals surface area (Å²) < 4.78 is 13.4. The number of hydrogen-bond donors (Lipinski definition) is 1. The Kier molecular flexibility index (Phi) is 7.33. The van der Waals surface area contributed by atoms with Gasteiger partial charge in [0.15, 0.2) is 5.17 Å². The quantitative estimate of drug-likeness (QED) is 0.384. The largest absolute Gasteiger partial charge is 0.326 e. The number of benzene rings is 3. The van der Waals surface area contributed by atoms with Gasteiger partial charge in [-0.2, -0.15) is 10.1 Å². The normalized spacial score (nSPS) is 19.1. The zero-order valence-electron chi connectivity index (χ0n) is 19.6. The summed E-state index contributed by atoms with van der Waals surface area (Å²) in [5, 5.41) is 9.43. The maximum atomic E-state index is 13.4. The van der Waals surface area contributed by atoms with Crippen LogP contribution in [0.25, 0.3) is 0 Å². The fraction of sp³-hybridized carbons (Fsp3) is 0.185. The second kappa shape index (κ2) is 10.7. The van der Waals surface area contributed by atoms with Crippen molar-refractivity contribution in [3.8, 4) is 0 Å². The molecule has 0 aromatic heterocycles. The number of carbonyl (C=O) groups is 2. The average molecular weight is 555 g/mol. The van der Waals surface area contributed by atoms with Crippen LogP contribution in [0, 0.1) is 12.7 Å².